The van der Waals surface area contributed by atoms with E-state index in [0.717, 1.165) is 18.2 Å². The van der Waals surface area contributed by atoms with Crippen LogP contribution in [0.2, 0.25) is 15.1 Å². The molecule has 2 aromatic carbocycles. The first-order chi connectivity index (χ1) is 14.1. The van der Waals surface area contributed by atoms with E-state index in [1.165, 1.54) is 24.3 Å². The highest BCUT2D eigenvalue weighted by Crippen LogP contribution is 2.48. The van der Waals surface area contributed by atoms with Crippen molar-refractivity contribution in [2.45, 2.75) is 11.8 Å². The van der Waals surface area contributed by atoms with Crippen molar-refractivity contribution in [3.63, 3.8) is 0 Å². The molecule has 0 spiro atoms. The van der Waals surface area contributed by atoms with Crippen LogP contribution in [0.4, 0.5) is 18.9 Å². The molecule has 1 atom stereocenters. The monoisotopic (exact) mass is 543 g/mol. The molecule has 0 saturated carbocycles. The van der Waals surface area contributed by atoms with Crippen LogP contribution < -0.4 is 16.3 Å². The largest absolute Gasteiger partial charge is 0.428 e. The molecule has 1 unspecified atom stereocenters. The van der Waals surface area contributed by atoms with Gasteiger partial charge in [-0.25, -0.2) is 0 Å². The Morgan fingerprint density at radius 2 is 1.80 bits per heavy atom. The molecule has 0 aliphatic carbocycles. The van der Waals surface area contributed by atoms with Crippen molar-refractivity contribution in [3.8, 4) is 0 Å². The SMILES string of the molecule is O=C(CBr)NNc1cc(C2=CC(c3cc(Cl)cc(Cl)c3)(C(F)(F)F)ON2)ccc1Cl. The van der Waals surface area contributed by atoms with Gasteiger partial charge in [0.25, 0.3) is 0 Å². The summed E-state index contributed by atoms with van der Waals surface area (Å²) >= 11 is 20.9. The molecule has 0 fully saturated rings. The molecule has 1 aliphatic rings. The van der Waals surface area contributed by atoms with Crippen molar-refractivity contribution in [3.05, 3.63) is 68.7 Å². The first-order valence-electron chi connectivity index (χ1n) is 8.16. The molecule has 5 nitrogen and oxygen atoms in total. The summed E-state index contributed by atoms with van der Waals surface area (Å²) in [4.78, 5) is 16.4. The lowest BCUT2D eigenvalue weighted by molar-refractivity contribution is -0.269. The van der Waals surface area contributed by atoms with Crippen LogP contribution in [0.5, 0.6) is 0 Å². The molecule has 0 bridgehead atoms. The Morgan fingerprint density at radius 1 is 1.13 bits per heavy atom. The molecule has 0 aromatic heterocycles. The van der Waals surface area contributed by atoms with E-state index in [-0.39, 0.29) is 43.3 Å². The van der Waals surface area contributed by atoms with Crippen LogP contribution in [0.1, 0.15) is 11.1 Å². The predicted molar refractivity (Wildman–Crippen MR) is 113 cm³/mol. The van der Waals surface area contributed by atoms with E-state index in [1.54, 1.807) is 0 Å². The van der Waals surface area contributed by atoms with Gasteiger partial charge in [0.1, 0.15) is 0 Å². The molecular formula is C18H12BrCl3F3N3O2. The zero-order valence-corrected chi connectivity index (χ0v) is 18.6. The summed E-state index contributed by atoms with van der Waals surface area (Å²) in [6, 6.07) is 8.00. The Bertz CT molecular complexity index is 1000. The van der Waals surface area contributed by atoms with Gasteiger partial charge < -0.3 is 0 Å². The number of hydroxylamine groups is 1. The van der Waals surface area contributed by atoms with Crippen molar-refractivity contribution in [2.75, 3.05) is 10.8 Å². The maximum absolute atomic E-state index is 14.1. The third-order valence-corrected chi connectivity index (χ3v) is 5.39. The summed E-state index contributed by atoms with van der Waals surface area (Å²) in [5.41, 5.74) is 4.86. The maximum atomic E-state index is 14.1. The quantitative estimate of drug-likeness (QED) is 0.328. The van der Waals surface area contributed by atoms with Gasteiger partial charge in [0.05, 0.1) is 21.7 Å². The van der Waals surface area contributed by atoms with Gasteiger partial charge in [0.2, 0.25) is 11.5 Å². The highest BCUT2D eigenvalue weighted by Gasteiger charge is 2.59. The van der Waals surface area contributed by atoms with Crippen LogP contribution in [0, 0.1) is 0 Å². The highest BCUT2D eigenvalue weighted by molar-refractivity contribution is 9.09. The molecule has 0 saturated heterocycles. The minimum atomic E-state index is -4.83. The predicted octanol–water partition coefficient (Wildman–Crippen LogP) is 5.82. The lowest BCUT2D eigenvalue weighted by atomic mass is 9.91. The Morgan fingerprint density at radius 3 is 2.40 bits per heavy atom. The Kier molecular flexibility index (Phi) is 6.78. The fourth-order valence-electron chi connectivity index (χ4n) is 2.71. The van der Waals surface area contributed by atoms with E-state index in [2.05, 4.69) is 32.3 Å². The van der Waals surface area contributed by atoms with Crippen LogP contribution in [0.15, 0.2) is 42.5 Å². The second-order valence-corrected chi connectivity index (χ2v) is 8.00. The summed E-state index contributed by atoms with van der Waals surface area (Å²) in [6.45, 7) is 0. The third kappa shape index (κ3) is 4.65. The number of benzene rings is 2. The smallest absolute Gasteiger partial charge is 0.297 e. The van der Waals surface area contributed by atoms with Crippen molar-refractivity contribution in [1.29, 1.82) is 0 Å². The topological polar surface area (TPSA) is 62.4 Å². The second-order valence-electron chi connectivity index (χ2n) is 6.16. The molecule has 1 aliphatic heterocycles. The minimum absolute atomic E-state index is 0.0343. The Balaban J connectivity index is 2.02. The van der Waals surface area contributed by atoms with Crippen LogP contribution >= 0.6 is 50.7 Å². The number of amides is 1. The van der Waals surface area contributed by atoms with Gasteiger partial charge >= 0.3 is 6.18 Å². The zero-order valence-electron chi connectivity index (χ0n) is 14.7. The van der Waals surface area contributed by atoms with E-state index >= 15 is 0 Å². The number of alkyl halides is 4. The molecule has 1 heterocycles. The van der Waals surface area contributed by atoms with E-state index in [1.807, 2.05) is 0 Å². The number of anilines is 1. The fourth-order valence-corrected chi connectivity index (χ4v) is 3.54. The third-order valence-electron chi connectivity index (χ3n) is 4.12. The summed E-state index contributed by atoms with van der Waals surface area (Å²) < 4.78 is 42.2. The zero-order chi connectivity index (χ0) is 22.1. The molecule has 30 heavy (non-hydrogen) atoms. The van der Waals surface area contributed by atoms with E-state index in [9.17, 15) is 18.0 Å². The van der Waals surface area contributed by atoms with Gasteiger partial charge in [0.15, 0.2) is 0 Å². The lowest BCUT2D eigenvalue weighted by Crippen LogP contribution is -2.42. The first-order valence-corrected chi connectivity index (χ1v) is 10.4. The van der Waals surface area contributed by atoms with Gasteiger partial charge in [-0.05, 0) is 36.4 Å². The van der Waals surface area contributed by atoms with Gasteiger partial charge in [0, 0.05) is 21.2 Å². The van der Waals surface area contributed by atoms with Crippen LogP contribution in [-0.4, -0.2) is 17.4 Å². The minimum Gasteiger partial charge on any atom is -0.297 e. The Hall–Kier alpha value is -1.65. The molecule has 3 rings (SSSR count). The summed E-state index contributed by atoms with van der Waals surface area (Å²) in [7, 11) is 0. The molecule has 160 valence electrons. The number of hydrogen-bond acceptors (Lipinski definition) is 4. The number of hydrogen-bond donors (Lipinski definition) is 3. The molecule has 0 radical (unpaired) electrons. The molecule has 12 heteroatoms. The van der Waals surface area contributed by atoms with E-state index < -0.39 is 11.8 Å². The van der Waals surface area contributed by atoms with Crippen molar-refractivity contribution in [1.82, 2.24) is 10.9 Å². The fraction of sp³-hybridized carbons (Fsp3) is 0.167. The van der Waals surface area contributed by atoms with Crippen LogP contribution in [0.3, 0.4) is 0 Å². The highest BCUT2D eigenvalue weighted by atomic mass is 79.9. The number of carbonyl (C=O) groups is 1. The lowest BCUT2D eigenvalue weighted by Gasteiger charge is -2.28. The number of carbonyl (C=O) groups excluding carboxylic acids is 1. The summed E-state index contributed by atoms with van der Waals surface area (Å²) in [5, 5.41) is 0.366. The normalized spacial score (nSPS) is 18.6. The number of hydrazine groups is 1. The molecule has 2 aromatic rings. The number of nitrogens with one attached hydrogen (secondary N) is 3. The van der Waals surface area contributed by atoms with E-state index in [0.29, 0.717) is 5.56 Å². The first kappa shape index (κ1) is 23.0. The van der Waals surface area contributed by atoms with Crippen molar-refractivity contribution >= 4 is 68.0 Å². The average Bonchev–Trinajstić information content (AvgIpc) is 3.13. The average molecular weight is 546 g/mol. The summed E-state index contributed by atoms with van der Waals surface area (Å²) in [6.07, 6.45) is -3.94. The maximum Gasteiger partial charge on any atom is 0.428 e. The number of halogens is 7. The van der Waals surface area contributed by atoms with Crippen molar-refractivity contribution in [2.24, 2.45) is 0 Å². The molecule has 3 N–H and O–H groups in total. The number of rotatable bonds is 5. The van der Waals surface area contributed by atoms with E-state index in [4.69, 9.17) is 39.6 Å². The van der Waals surface area contributed by atoms with Gasteiger partial charge in [-0.3, -0.25) is 26.0 Å². The van der Waals surface area contributed by atoms with Gasteiger partial charge in [-0.15, -0.1) is 0 Å². The van der Waals surface area contributed by atoms with Crippen LogP contribution in [0.25, 0.3) is 5.70 Å². The van der Waals surface area contributed by atoms with Gasteiger partial charge in [-0.1, -0.05) is 56.8 Å². The molecular weight excluding hydrogens is 533 g/mol. The molecule has 1 amide bonds. The van der Waals surface area contributed by atoms with Gasteiger partial charge in [-0.2, -0.15) is 13.2 Å². The Labute approximate surface area is 192 Å². The van der Waals surface area contributed by atoms with Crippen molar-refractivity contribution < 1.29 is 22.8 Å². The van der Waals surface area contributed by atoms with Crippen LogP contribution in [-0.2, 0) is 15.2 Å². The standard InChI is InChI=1S/C18H12BrCl3F3N3O2/c19-8-16(29)27-26-14-3-9(1-2-13(14)22)15-7-17(30-28-15,18(23,24)25)10-4-11(20)6-12(21)5-10/h1-7,26,28H,8H2,(H,27,29). The second kappa shape index (κ2) is 8.84. The summed E-state index contributed by atoms with van der Waals surface area (Å²) in [5.74, 6) is -0.369.